The molecule has 110 valence electrons. The van der Waals surface area contributed by atoms with Gasteiger partial charge in [0, 0.05) is 11.9 Å². The van der Waals surface area contributed by atoms with Crippen molar-refractivity contribution in [2.24, 2.45) is 0 Å². The number of nitrogens with zero attached hydrogens (tertiary/aromatic N) is 2. The Labute approximate surface area is 124 Å². The van der Waals surface area contributed by atoms with Gasteiger partial charge >= 0.3 is 5.97 Å². The van der Waals surface area contributed by atoms with Crippen LogP contribution >= 0.6 is 0 Å². The molecule has 1 heterocycles. The van der Waals surface area contributed by atoms with E-state index in [-0.39, 0.29) is 5.56 Å². The molecule has 0 aliphatic carbocycles. The molecule has 0 spiro atoms. The summed E-state index contributed by atoms with van der Waals surface area (Å²) in [6.45, 7) is 7.93. The van der Waals surface area contributed by atoms with Gasteiger partial charge in [-0.3, -0.25) is 0 Å². The molecule has 0 fully saturated rings. The largest absolute Gasteiger partial charge is 0.478 e. The first-order valence-corrected chi connectivity index (χ1v) is 6.83. The van der Waals surface area contributed by atoms with Crippen molar-refractivity contribution in [2.75, 3.05) is 5.32 Å². The number of rotatable bonds is 4. The minimum absolute atomic E-state index is 0.120. The minimum atomic E-state index is -1.02. The molecule has 0 aliphatic heterocycles. The van der Waals surface area contributed by atoms with E-state index in [0.717, 1.165) is 11.3 Å². The molecule has 0 saturated carbocycles. The lowest BCUT2D eigenvalue weighted by atomic mass is 9.98. The zero-order valence-corrected chi connectivity index (χ0v) is 12.6. The quantitative estimate of drug-likeness (QED) is 0.896. The highest BCUT2D eigenvalue weighted by Gasteiger charge is 2.13. The molecule has 0 radical (unpaired) electrons. The third-order valence-corrected chi connectivity index (χ3v) is 3.37. The molecule has 0 unspecified atom stereocenters. The Bertz CT molecular complexity index is 681. The number of nitrogens with one attached hydrogen (secondary N) is 1. The molecular weight excluding hydrogens is 266 g/mol. The van der Waals surface area contributed by atoms with Gasteiger partial charge in [-0.25, -0.2) is 14.8 Å². The van der Waals surface area contributed by atoms with Crippen LogP contribution in [-0.2, 0) is 0 Å². The predicted molar refractivity (Wildman–Crippen MR) is 82.3 cm³/mol. The van der Waals surface area contributed by atoms with E-state index in [9.17, 15) is 4.79 Å². The van der Waals surface area contributed by atoms with Crippen molar-refractivity contribution < 1.29 is 9.90 Å². The lowest BCUT2D eigenvalue weighted by molar-refractivity contribution is 0.0695. The third-order valence-electron chi connectivity index (χ3n) is 3.37. The highest BCUT2D eigenvalue weighted by atomic mass is 16.4. The maximum atomic E-state index is 11.0. The van der Waals surface area contributed by atoms with Crippen LogP contribution < -0.4 is 5.32 Å². The number of carbonyl (C=O) groups is 1. The SMILES string of the molecule is Cc1cccc(C(C)C)c1Nc1ncc(C(=O)O)c(C)n1. The molecule has 0 saturated heterocycles. The topological polar surface area (TPSA) is 75.1 Å². The van der Waals surface area contributed by atoms with E-state index in [4.69, 9.17) is 5.11 Å². The number of para-hydroxylation sites is 1. The number of aryl methyl sites for hydroxylation is 2. The fraction of sp³-hybridized carbons (Fsp3) is 0.312. The van der Waals surface area contributed by atoms with Crippen molar-refractivity contribution in [3.8, 4) is 0 Å². The molecule has 2 N–H and O–H groups in total. The summed E-state index contributed by atoms with van der Waals surface area (Å²) in [5.74, 6) is -0.238. The van der Waals surface area contributed by atoms with Gasteiger partial charge in [-0.2, -0.15) is 0 Å². The van der Waals surface area contributed by atoms with Gasteiger partial charge in [0.2, 0.25) is 5.95 Å². The van der Waals surface area contributed by atoms with E-state index in [1.807, 2.05) is 19.1 Å². The molecule has 1 aromatic carbocycles. The highest BCUT2D eigenvalue weighted by molar-refractivity contribution is 5.88. The second kappa shape index (κ2) is 5.91. The molecule has 0 amide bonds. The molecular formula is C16H19N3O2. The zero-order valence-electron chi connectivity index (χ0n) is 12.6. The summed E-state index contributed by atoms with van der Waals surface area (Å²) in [5.41, 5.74) is 3.83. The summed E-state index contributed by atoms with van der Waals surface area (Å²) >= 11 is 0. The molecule has 5 nitrogen and oxygen atoms in total. The van der Waals surface area contributed by atoms with E-state index in [2.05, 4.69) is 35.2 Å². The lowest BCUT2D eigenvalue weighted by Crippen LogP contribution is -2.08. The zero-order chi connectivity index (χ0) is 15.6. The number of aromatic nitrogens is 2. The Hall–Kier alpha value is -2.43. The molecule has 2 aromatic rings. The van der Waals surface area contributed by atoms with Crippen LogP contribution in [0, 0.1) is 13.8 Å². The van der Waals surface area contributed by atoms with Gasteiger partial charge in [0.15, 0.2) is 0 Å². The van der Waals surface area contributed by atoms with Crippen molar-refractivity contribution in [3.63, 3.8) is 0 Å². The Kier molecular flexibility index (Phi) is 4.21. The first-order chi connectivity index (χ1) is 9.90. The molecule has 0 atom stereocenters. The van der Waals surface area contributed by atoms with Crippen molar-refractivity contribution in [1.29, 1.82) is 0 Å². The van der Waals surface area contributed by atoms with Gasteiger partial charge in [-0.1, -0.05) is 32.0 Å². The van der Waals surface area contributed by atoms with Crippen LogP contribution in [0.3, 0.4) is 0 Å². The minimum Gasteiger partial charge on any atom is -0.478 e. The van der Waals surface area contributed by atoms with Crippen molar-refractivity contribution in [1.82, 2.24) is 9.97 Å². The summed E-state index contributed by atoms with van der Waals surface area (Å²) in [4.78, 5) is 19.3. The molecule has 21 heavy (non-hydrogen) atoms. The van der Waals surface area contributed by atoms with Gasteiger partial charge < -0.3 is 10.4 Å². The molecule has 0 aliphatic rings. The van der Waals surface area contributed by atoms with Crippen LogP contribution in [0.1, 0.15) is 46.9 Å². The van der Waals surface area contributed by atoms with Gasteiger partial charge in [0.25, 0.3) is 0 Å². The summed E-state index contributed by atoms with van der Waals surface area (Å²) in [6.07, 6.45) is 1.33. The number of anilines is 2. The maximum absolute atomic E-state index is 11.0. The number of carboxylic acid groups (broad SMARTS) is 1. The summed E-state index contributed by atoms with van der Waals surface area (Å²) in [5, 5.41) is 12.2. The second-order valence-corrected chi connectivity index (χ2v) is 5.32. The monoisotopic (exact) mass is 285 g/mol. The van der Waals surface area contributed by atoms with E-state index < -0.39 is 5.97 Å². The molecule has 5 heteroatoms. The van der Waals surface area contributed by atoms with E-state index in [1.165, 1.54) is 11.8 Å². The van der Waals surface area contributed by atoms with Gasteiger partial charge in [-0.05, 0) is 30.9 Å². The number of aromatic carboxylic acids is 1. The summed E-state index contributed by atoms with van der Waals surface area (Å²) < 4.78 is 0. The van der Waals surface area contributed by atoms with Crippen LogP contribution in [0.4, 0.5) is 11.6 Å². The lowest BCUT2D eigenvalue weighted by Gasteiger charge is -2.16. The predicted octanol–water partition coefficient (Wildman–Crippen LogP) is 3.66. The Morgan fingerprint density at radius 2 is 2.00 bits per heavy atom. The van der Waals surface area contributed by atoms with Gasteiger partial charge in [0.1, 0.15) is 0 Å². The Balaban J connectivity index is 2.39. The highest BCUT2D eigenvalue weighted by Crippen LogP contribution is 2.29. The van der Waals surface area contributed by atoms with Crippen LogP contribution in [0.25, 0.3) is 0 Å². The van der Waals surface area contributed by atoms with E-state index >= 15 is 0 Å². The fourth-order valence-electron chi connectivity index (χ4n) is 2.19. The van der Waals surface area contributed by atoms with Crippen molar-refractivity contribution >= 4 is 17.6 Å². The number of benzene rings is 1. The first kappa shape index (κ1) is 15.0. The smallest absolute Gasteiger partial charge is 0.339 e. The van der Waals surface area contributed by atoms with Crippen molar-refractivity contribution in [3.05, 3.63) is 46.8 Å². The Morgan fingerprint density at radius 3 is 2.57 bits per heavy atom. The molecule has 1 aromatic heterocycles. The van der Waals surface area contributed by atoms with Crippen LogP contribution in [0.5, 0.6) is 0 Å². The third kappa shape index (κ3) is 3.18. The second-order valence-electron chi connectivity index (χ2n) is 5.32. The summed E-state index contributed by atoms with van der Waals surface area (Å²) in [6, 6.07) is 6.11. The number of hydrogen-bond donors (Lipinski definition) is 2. The van der Waals surface area contributed by atoms with Crippen LogP contribution in [0.15, 0.2) is 24.4 Å². The van der Waals surface area contributed by atoms with Crippen molar-refractivity contribution in [2.45, 2.75) is 33.6 Å². The van der Waals surface area contributed by atoms with Gasteiger partial charge in [0.05, 0.1) is 11.3 Å². The van der Waals surface area contributed by atoms with Crippen LogP contribution in [0.2, 0.25) is 0 Å². The van der Waals surface area contributed by atoms with E-state index in [1.54, 1.807) is 6.92 Å². The van der Waals surface area contributed by atoms with E-state index in [0.29, 0.717) is 17.6 Å². The Morgan fingerprint density at radius 1 is 1.29 bits per heavy atom. The average Bonchev–Trinajstić information content (AvgIpc) is 2.40. The fourth-order valence-corrected chi connectivity index (χ4v) is 2.19. The first-order valence-electron chi connectivity index (χ1n) is 6.83. The maximum Gasteiger partial charge on any atom is 0.339 e. The number of hydrogen-bond acceptors (Lipinski definition) is 4. The standard InChI is InChI=1S/C16H19N3O2/c1-9(2)12-7-5-6-10(3)14(12)19-16-17-8-13(15(20)21)11(4)18-16/h5-9H,1-4H3,(H,20,21)(H,17,18,19). The van der Waals surface area contributed by atoms with Gasteiger partial charge in [-0.15, -0.1) is 0 Å². The molecule has 0 bridgehead atoms. The normalized spacial score (nSPS) is 10.7. The van der Waals surface area contributed by atoms with Crippen LogP contribution in [-0.4, -0.2) is 21.0 Å². The number of carboxylic acids is 1. The summed E-state index contributed by atoms with van der Waals surface area (Å²) in [7, 11) is 0. The average molecular weight is 285 g/mol. The molecule has 2 rings (SSSR count).